The van der Waals surface area contributed by atoms with Crippen LogP contribution in [0.4, 0.5) is 0 Å². The van der Waals surface area contributed by atoms with E-state index < -0.39 is 0 Å². The number of rotatable bonds is 5. The van der Waals surface area contributed by atoms with Crippen LogP contribution in [0.1, 0.15) is 24.8 Å². The molecule has 2 aliphatic rings. The molecule has 3 N–H and O–H groups in total. The highest BCUT2D eigenvalue weighted by Gasteiger charge is 2.41. The lowest BCUT2D eigenvalue weighted by molar-refractivity contribution is -0.123. The van der Waals surface area contributed by atoms with Crippen LogP contribution in [0.25, 0.3) is 0 Å². The van der Waals surface area contributed by atoms with E-state index in [1.807, 2.05) is 54.6 Å². The first-order chi connectivity index (χ1) is 13.2. The molecule has 0 aromatic heterocycles. The van der Waals surface area contributed by atoms with E-state index in [9.17, 15) is 4.79 Å². The normalized spacial score (nSPS) is 21.1. The highest BCUT2D eigenvalue weighted by atomic mass is 16.5. The van der Waals surface area contributed by atoms with Crippen LogP contribution < -0.4 is 20.7 Å². The molecular weight excluding hydrogens is 338 g/mol. The number of carbonyl (C=O) groups is 1. The van der Waals surface area contributed by atoms with E-state index in [-0.39, 0.29) is 11.9 Å². The Balaban J connectivity index is 1.31. The van der Waals surface area contributed by atoms with E-state index >= 15 is 0 Å². The van der Waals surface area contributed by atoms with Gasteiger partial charge in [-0.3, -0.25) is 4.79 Å². The van der Waals surface area contributed by atoms with Crippen LogP contribution in [0.2, 0.25) is 0 Å². The molecule has 2 fully saturated rings. The Morgan fingerprint density at radius 2 is 1.85 bits per heavy atom. The topological polar surface area (TPSA) is 62.4 Å². The quantitative estimate of drug-likeness (QED) is 0.762. The molecule has 0 saturated carbocycles. The maximum Gasteiger partial charge on any atom is 0.237 e. The smallest absolute Gasteiger partial charge is 0.237 e. The minimum absolute atomic E-state index is 0.0770. The zero-order chi connectivity index (χ0) is 18.5. The number of hydrogen-bond donors (Lipinski definition) is 3. The number of piperidine rings is 1. The molecular formula is C22H27N3O2. The minimum Gasteiger partial charge on any atom is -0.457 e. The summed E-state index contributed by atoms with van der Waals surface area (Å²) in [5.41, 5.74) is 1.34. The Labute approximate surface area is 160 Å². The number of ether oxygens (including phenoxy) is 1. The van der Waals surface area contributed by atoms with Gasteiger partial charge in [0, 0.05) is 13.1 Å². The summed E-state index contributed by atoms with van der Waals surface area (Å²) in [6.45, 7) is 3.58. The third kappa shape index (κ3) is 4.49. The molecule has 2 heterocycles. The van der Waals surface area contributed by atoms with Gasteiger partial charge in [-0.2, -0.15) is 0 Å². The summed E-state index contributed by atoms with van der Waals surface area (Å²) < 4.78 is 5.87. The molecule has 0 radical (unpaired) electrons. The predicted molar refractivity (Wildman–Crippen MR) is 106 cm³/mol. The van der Waals surface area contributed by atoms with E-state index in [4.69, 9.17) is 4.74 Å². The second-order valence-electron chi connectivity index (χ2n) is 7.67. The maximum atomic E-state index is 12.6. The number of hydrogen-bond acceptors (Lipinski definition) is 4. The van der Waals surface area contributed by atoms with E-state index in [0.29, 0.717) is 12.0 Å². The lowest BCUT2D eigenvalue weighted by Crippen LogP contribution is -2.40. The molecule has 0 unspecified atom stereocenters. The van der Waals surface area contributed by atoms with Crippen molar-refractivity contribution < 1.29 is 9.53 Å². The zero-order valence-corrected chi connectivity index (χ0v) is 15.5. The van der Waals surface area contributed by atoms with Gasteiger partial charge in [0.2, 0.25) is 5.91 Å². The molecule has 5 nitrogen and oxygen atoms in total. The summed E-state index contributed by atoms with van der Waals surface area (Å²) >= 11 is 0. The third-order valence-electron chi connectivity index (χ3n) is 5.69. The van der Waals surface area contributed by atoms with Crippen molar-refractivity contribution in [2.45, 2.75) is 31.8 Å². The Hall–Kier alpha value is -2.37. The summed E-state index contributed by atoms with van der Waals surface area (Å²) in [4.78, 5) is 12.6. The number of nitrogens with one attached hydrogen (secondary N) is 3. The van der Waals surface area contributed by atoms with Gasteiger partial charge in [-0.05, 0) is 67.6 Å². The number of benzene rings is 2. The average molecular weight is 365 g/mol. The molecule has 2 aromatic rings. The largest absolute Gasteiger partial charge is 0.457 e. The SMILES string of the molecule is O=C(NCc1cccc(Oc2ccccc2)c1)[C@@H]1CC2(CCNCC2)CN1. The molecule has 0 aliphatic carbocycles. The van der Waals surface area contributed by atoms with Crippen LogP contribution in [0.5, 0.6) is 11.5 Å². The average Bonchev–Trinajstić information content (AvgIpc) is 3.11. The van der Waals surface area contributed by atoms with Crippen molar-refractivity contribution in [2.75, 3.05) is 19.6 Å². The van der Waals surface area contributed by atoms with E-state index in [1.165, 1.54) is 0 Å². The summed E-state index contributed by atoms with van der Waals surface area (Å²) in [5, 5.41) is 9.92. The van der Waals surface area contributed by atoms with Crippen molar-refractivity contribution in [3.8, 4) is 11.5 Å². The number of carbonyl (C=O) groups excluding carboxylic acids is 1. The van der Waals surface area contributed by atoms with Gasteiger partial charge in [0.1, 0.15) is 11.5 Å². The molecule has 2 aliphatic heterocycles. The van der Waals surface area contributed by atoms with Gasteiger partial charge in [-0.1, -0.05) is 30.3 Å². The molecule has 142 valence electrons. The van der Waals surface area contributed by atoms with Crippen LogP contribution >= 0.6 is 0 Å². The van der Waals surface area contributed by atoms with Crippen molar-refractivity contribution in [1.29, 1.82) is 0 Å². The van der Waals surface area contributed by atoms with Gasteiger partial charge in [0.15, 0.2) is 0 Å². The highest BCUT2D eigenvalue weighted by Crippen LogP contribution is 2.37. The Morgan fingerprint density at radius 3 is 2.67 bits per heavy atom. The summed E-state index contributed by atoms with van der Waals surface area (Å²) in [6.07, 6.45) is 3.25. The zero-order valence-electron chi connectivity index (χ0n) is 15.5. The van der Waals surface area contributed by atoms with Crippen LogP contribution in [0.15, 0.2) is 54.6 Å². The first-order valence-electron chi connectivity index (χ1n) is 9.76. The molecule has 27 heavy (non-hydrogen) atoms. The van der Waals surface area contributed by atoms with Crippen LogP contribution in [0.3, 0.4) is 0 Å². The van der Waals surface area contributed by atoms with Crippen molar-refractivity contribution >= 4 is 5.91 Å². The molecule has 5 heteroatoms. The van der Waals surface area contributed by atoms with Gasteiger partial charge < -0.3 is 20.7 Å². The predicted octanol–water partition coefficient (Wildman–Crippen LogP) is 2.83. The van der Waals surface area contributed by atoms with Crippen LogP contribution in [-0.4, -0.2) is 31.6 Å². The summed E-state index contributed by atoms with van der Waals surface area (Å²) in [7, 11) is 0. The number of amides is 1. The first kappa shape index (κ1) is 18.0. The van der Waals surface area contributed by atoms with E-state index in [0.717, 1.165) is 56.0 Å². The van der Waals surface area contributed by atoms with Crippen molar-refractivity contribution in [2.24, 2.45) is 5.41 Å². The van der Waals surface area contributed by atoms with Crippen LogP contribution in [-0.2, 0) is 11.3 Å². The van der Waals surface area contributed by atoms with Crippen molar-refractivity contribution in [3.63, 3.8) is 0 Å². The monoisotopic (exact) mass is 365 g/mol. The lowest BCUT2D eigenvalue weighted by atomic mass is 9.77. The molecule has 4 rings (SSSR count). The van der Waals surface area contributed by atoms with Gasteiger partial charge in [-0.25, -0.2) is 0 Å². The van der Waals surface area contributed by atoms with Crippen molar-refractivity contribution in [1.82, 2.24) is 16.0 Å². The van der Waals surface area contributed by atoms with Gasteiger partial charge in [0.05, 0.1) is 6.04 Å². The molecule has 2 aromatic carbocycles. The van der Waals surface area contributed by atoms with Gasteiger partial charge in [-0.15, -0.1) is 0 Å². The van der Waals surface area contributed by atoms with E-state index in [1.54, 1.807) is 0 Å². The second-order valence-corrected chi connectivity index (χ2v) is 7.67. The fourth-order valence-corrected chi connectivity index (χ4v) is 4.10. The molecule has 1 amide bonds. The summed E-state index contributed by atoms with van der Waals surface area (Å²) in [6, 6.07) is 17.5. The number of para-hydroxylation sites is 1. The van der Waals surface area contributed by atoms with Gasteiger partial charge >= 0.3 is 0 Å². The Morgan fingerprint density at radius 1 is 1.07 bits per heavy atom. The Bertz CT molecular complexity index is 772. The highest BCUT2D eigenvalue weighted by molar-refractivity contribution is 5.82. The lowest BCUT2D eigenvalue weighted by Gasteiger charge is -2.33. The standard InChI is InChI=1S/C22H27N3O2/c26-21(20-14-22(16-25-20)9-11-23-12-10-22)24-15-17-5-4-8-19(13-17)27-18-6-2-1-3-7-18/h1-8,13,20,23,25H,9-12,14-16H2,(H,24,26)/t20-/m0/s1. The fraction of sp³-hybridized carbons (Fsp3) is 0.409. The van der Waals surface area contributed by atoms with Crippen LogP contribution in [0, 0.1) is 5.41 Å². The fourth-order valence-electron chi connectivity index (χ4n) is 4.10. The Kier molecular flexibility index (Phi) is 5.41. The molecule has 0 bridgehead atoms. The minimum atomic E-state index is -0.0770. The molecule has 1 spiro atoms. The molecule has 1 atom stereocenters. The maximum absolute atomic E-state index is 12.6. The third-order valence-corrected chi connectivity index (χ3v) is 5.69. The second kappa shape index (κ2) is 8.11. The van der Waals surface area contributed by atoms with E-state index in [2.05, 4.69) is 16.0 Å². The van der Waals surface area contributed by atoms with Gasteiger partial charge in [0.25, 0.3) is 0 Å². The first-order valence-corrected chi connectivity index (χ1v) is 9.76. The summed E-state index contributed by atoms with van der Waals surface area (Å²) in [5.74, 6) is 1.68. The molecule has 2 saturated heterocycles. The van der Waals surface area contributed by atoms with Crippen molar-refractivity contribution in [3.05, 3.63) is 60.2 Å².